The monoisotopic (exact) mass is 442 g/mol. The average Bonchev–Trinajstić information content (AvgIpc) is 3.27. The summed E-state index contributed by atoms with van der Waals surface area (Å²) in [6.07, 6.45) is 5.46. The van der Waals surface area contributed by atoms with E-state index in [-0.39, 0.29) is 11.8 Å². The molecule has 2 amide bonds. The summed E-state index contributed by atoms with van der Waals surface area (Å²) >= 11 is 6.36. The molecule has 0 radical (unpaired) electrons. The topological polar surface area (TPSA) is 49.9 Å². The minimum absolute atomic E-state index is 0.00535. The zero-order valence-corrected chi connectivity index (χ0v) is 19.3. The molecule has 1 fully saturated rings. The second-order valence-electron chi connectivity index (χ2n) is 8.35. The van der Waals surface area contributed by atoms with Crippen LogP contribution in [0, 0.1) is 0 Å². The highest BCUT2D eigenvalue weighted by Gasteiger charge is 2.45. The van der Waals surface area contributed by atoms with Crippen molar-refractivity contribution >= 4 is 23.4 Å². The van der Waals surface area contributed by atoms with Crippen molar-refractivity contribution in [3.05, 3.63) is 64.7 Å². The molecule has 6 heteroatoms. The number of amides is 2. The van der Waals surface area contributed by atoms with E-state index in [0.717, 1.165) is 44.1 Å². The average molecular weight is 443 g/mol. The summed E-state index contributed by atoms with van der Waals surface area (Å²) in [5.41, 5.74) is 0.897. The zero-order valence-electron chi connectivity index (χ0n) is 18.6. The molecular formula is C25H31ClN2O3. The quantitative estimate of drug-likeness (QED) is 0.509. The Morgan fingerprint density at radius 1 is 1.06 bits per heavy atom. The summed E-state index contributed by atoms with van der Waals surface area (Å²) in [5, 5.41) is 1.80. The van der Waals surface area contributed by atoms with E-state index in [2.05, 4.69) is 6.92 Å². The Kier molecular flexibility index (Phi) is 7.60. The number of nitrogens with zero attached hydrogens (tertiary/aromatic N) is 2. The molecule has 166 valence electrons. The van der Waals surface area contributed by atoms with E-state index in [1.54, 1.807) is 32.3 Å². The fraction of sp³-hybridized carbons (Fsp3) is 0.440. The summed E-state index contributed by atoms with van der Waals surface area (Å²) in [6.45, 7) is 2.59. The molecule has 2 aromatic rings. The molecular weight excluding hydrogens is 412 g/mol. The van der Waals surface area contributed by atoms with Crippen molar-refractivity contribution in [3.63, 3.8) is 0 Å². The van der Waals surface area contributed by atoms with E-state index in [4.69, 9.17) is 16.4 Å². The molecule has 0 atom stereocenters. The van der Waals surface area contributed by atoms with Gasteiger partial charge in [-0.05, 0) is 37.0 Å². The van der Waals surface area contributed by atoms with E-state index in [1.165, 1.54) is 9.96 Å². The van der Waals surface area contributed by atoms with Crippen molar-refractivity contribution in [1.82, 2.24) is 9.96 Å². The van der Waals surface area contributed by atoms with Crippen molar-refractivity contribution in [1.29, 1.82) is 0 Å². The van der Waals surface area contributed by atoms with Gasteiger partial charge < -0.3 is 9.74 Å². The molecule has 0 spiro atoms. The highest BCUT2D eigenvalue weighted by Crippen LogP contribution is 2.43. The molecule has 0 N–H and O–H groups in total. The molecule has 31 heavy (non-hydrogen) atoms. The molecule has 5 nitrogen and oxygen atoms in total. The van der Waals surface area contributed by atoms with Crippen LogP contribution in [-0.4, -0.2) is 42.4 Å². The van der Waals surface area contributed by atoms with Gasteiger partial charge in [-0.2, -0.15) is 5.06 Å². The van der Waals surface area contributed by atoms with Gasteiger partial charge in [-0.3, -0.25) is 9.59 Å². The lowest BCUT2D eigenvalue weighted by molar-refractivity contribution is -0.164. The van der Waals surface area contributed by atoms with Crippen LogP contribution < -0.4 is 4.84 Å². The van der Waals surface area contributed by atoms with Crippen molar-refractivity contribution in [2.45, 2.75) is 50.9 Å². The van der Waals surface area contributed by atoms with Crippen molar-refractivity contribution in [2.75, 3.05) is 20.6 Å². The van der Waals surface area contributed by atoms with Crippen molar-refractivity contribution in [2.24, 2.45) is 0 Å². The van der Waals surface area contributed by atoms with Crippen LogP contribution in [0.3, 0.4) is 0 Å². The number of halogens is 1. The molecule has 1 saturated carbocycles. The molecule has 0 aromatic heterocycles. The Morgan fingerprint density at radius 3 is 2.32 bits per heavy atom. The Balaban J connectivity index is 1.89. The summed E-state index contributed by atoms with van der Waals surface area (Å²) in [4.78, 5) is 33.7. The van der Waals surface area contributed by atoms with Gasteiger partial charge in [-0.1, -0.05) is 68.1 Å². The summed E-state index contributed by atoms with van der Waals surface area (Å²) in [6, 6.07) is 15.0. The van der Waals surface area contributed by atoms with E-state index in [0.29, 0.717) is 22.9 Å². The van der Waals surface area contributed by atoms with Crippen LogP contribution in [0.25, 0.3) is 0 Å². The van der Waals surface area contributed by atoms with Gasteiger partial charge in [0.1, 0.15) is 0 Å². The maximum absolute atomic E-state index is 13.8. The molecule has 1 aliphatic rings. The maximum Gasteiger partial charge on any atom is 0.265 e. The standard InChI is InChI=1S/C25H31ClN2O3/c1-4-5-17-28(31-20-13-14-21(22(26)18-20)23(29)27(2)3)24(30)25(15-9-10-16-25)19-11-7-6-8-12-19/h6-8,11-14,18H,4-5,9-10,15-17H2,1-3H3. The molecule has 0 bridgehead atoms. The Bertz CT molecular complexity index is 908. The number of unbranched alkanes of at least 4 members (excludes halogenated alkanes) is 1. The molecule has 3 rings (SSSR count). The number of hydrogen-bond donors (Lipinski definition) is 0. The summed E-state index contributed by atoms with van der Waals surface area (Å²) in [7, 11) is 3.36. The predicted octanol–water partition coefficient (Wildman–Crippen LogP) is 5.48. The lowest BCUT2D eigenvalue weighted by Gasteiger charge is -2.34. The van der Waals surface area contributed by atoms with E-state index >= 15 is 0 Å². The third kappa shape index (κ3) is 5.04. The van der Waals surface area contributed by atoms with Gasteiger partial charge in [0.05, 0.1) is 22.5 Å². The first kappa shape index (κ1) is 23.1. The maximum atomic E-state index is 13.8. The highest BCUT2D eigenvalue weighted by molar-refractivity contribution is 6.34. The van der Waals surface area contributed by atoms with Crippen LogP contribution in [0.4, 0.5) is 0 Å². The van der Waals surface area contributed by atoms with E-state index < -0.39 is 5.41 Å². The van der Waals surface area contributed by atoms with Gasteiger partial charge >= 0.3 is 0 Å². The normalized spacial score (nSPS) is 14.8. The van der Waals surface area contributed by atoms with Crippen LogP contribution in [0.15, 0.2) is 48.5 Å². The summed E-state index contributed by atoms with van der Waals surface area (Å²) in [5.74, 6) is 0.268. The number of hydroxylamine groups is 2. The molecule has 0 unspecified atom stereocenters. The molecule has 0 aliphatic heterocycles. The van der Waals surface area contributed by atoms with E-state index in [9.17, 15) is 9.59 Å². The van der Waals surface area contributed by atoms with Crippen molar-refractivity contribution < 1.29 is 14.4 Å². The van der Waals surface area contributed by atoms with Gasteiger partial charge in [-0.25, -0.2) is 0 Å². The minimum atomic E-state index is -0.556. The van der Waals surface area contributed by atoms with Gasteiger partial charge in [0.25, 0.3) is 11.8 Å². The minimum Gasteiger partial charge on any atom is -0.377 e. The first-order chi connectivity index (χ1) is 14.9. The van der Waals surface area contributed by atoms with Gasteiger partial charge in [0.2, 0.25) is 0 Å². The Hall–Kier alpha value is -2.53. The third-order valence-electron chi connectivity index (χ3n) is 5.93. The van der Waals surface area contributed by atoms with E-state index in [1.807, 2.05) is 30.3 Å². The fourth-order valence-electron chi connectivity index (χ4n) is 4.19. The Labute approximate surface area is 189 Å². The second-order valence-corrected chi connectivity index (χ2v) is 8.76. The predicted molar refractivity (Wildman–Crippen MR) is 123 cm³/mol. The zero-order chi connectivity index (χ0) is 22.4. The van der Waals surface area contributed by atoms with Gasteiger partial charge in [-0.15, -0.1) is 0 Å². The largest absolute Gasteiger partial charge is 0.377 e. The van der Waals surface area contributed by atoms with Crippen molar-refractivity contribution in [3.8, 4) is 5.75 Å². The van der Waals surface area contributed by atoms with Crippen LogP contribution in [0.5, 0.6) is 5.75 Å². The third-order valence-corrected chi connectivity index (χ3v) is 6.24. The lowest BCUT2D eigenvalue weighted by Crippen LogP contribution is -2.47. The molecule has 0 saturated heterocycles. The summed E-state index contributed by atoms with van der Waals surface area (Å²) < 4.78 is 0. The number of carbonyl (C=O) groups excluding carboxylic acids is 2. The number of rotatable bonds is 8. The number of carbonyl (C=O) groups is 2. The van der Waals surface area contributed by atoms with Crippen LogP contribution in [-0.2, 0) is 10.2 Å². The number of benzene rings is 2. The molecule has 2 aromatic carbocycles. The smallest absolute Gasteiger partial charge is 0.265 e. The fourth-order valence-corrected chi connectivity index (χ4v) is 4.44. The first-order valence-corrected chi connectivity index (χ1v) is 11.3. The van der Waals surface area contributed by atoms with Gasteiger partial charge in [0, 0.05) is 20.2 Å². The highest BCUT2D eigenvalue weighted by atomic mass is 35.5. The molecule has 1 aliphatic carbocycles. The van der Waals surface area contributed by atoms with Crippen LogP contribution >= 0.6 is 11.6 Å². The first-order valence-electron chi connectivity index (χ1n) is 11.0. The lowest BCUT2D eigenvalue weighted by atomic mass is 9.78. The second kappa shape index (κ2) is 10.2. The van der Waals surface area contributed by atoms with Crippen LogP contribution in [0.1, 0.15) is 61.4 Å². The Morgan fingerprint density at radius 2 is 1.74 bits per heavy atom. The number of hydrogen-bond acceptors (Lipinski definition) is 3. The molecule has 0 heterocycles. The van der Waals surface area contributed by atoms with Crippen LogP contribution in [0.2, 0.25) is 5.02 Å². The SMILES string of the molecule is CCCCN(Oc1ccc(C(=O)N(C)C)c(Cl)c1)C(=O)C1(c2ccccc2)CCCC1. The van der Waals surface area contributed by atoms with Gasteiger partial charge in [0.15, 0.2) is 5.75 Å².